The number of carbonyl (C=O) groups excluding carboxylic acids is 2. The third-order valence-corrected chi connectivity index (χ3v) is 5.05. The number of esters is 1. The van der Waals surface area contributed by atoms with Crippen LogP contribution in [0.15, 0.2) is 0 Å². The second-order valence-electron chi connectivity index (χ2n) is 5.18. The summed E-state index contributed by atoms with van der Waals surface area (Å²) in [6.45, 7) is 6.92. The molecule has 0 fully saturated rings. The molecule has 6 nitrogen and oxygen atoms in total. The van der Waals surface area contributed by atoms with Gasteiger partial charge in [0.05, 0.1) is 18.8 Å². The highest BCUT2D eigenvalue weighted by Crippen LogP contribution is 2.10. The van der Waals surface area contributed by atoms with Crippen molar-refractivity contribution in [3.8, 4) is 0 Å². The van der Waals surface area contributed by atoms with Crippen LogP contribution < -0.4 is 5.32 Å². The number of ether oxygens (including phenoxy) is 1. The van der Waals surface area contributed by atoms with E-state index in [-0.39, 0.29) is 6.42 Å². The highest BCUT2D eigenvalue weighted by Gasteiger charge is 2.28. The molecule has 0 radical (unpaired) electrons. The van der Waals surface area contributed by atoms with Gasteiger partial charge in [0.1, 0.15) is 5.75 Å². The molecule has 112 valence electrons. The molecule has 0 heterocycles. The molecule has 0 saturated heterocycles. The van der Waals surface area contributed by atoms with Gasteiger partial charge in [-0.05, 0) is 27.2 Å². The van der Waals surface area contributed by atoms with E-state index >= 15 is 0 Å². The molecule has 0 aromatic carbocycles. The Kier molecular flexibility index (Phi) is 6.48. The molecule has 0 aliphatic heterocycles. The second kappa shape index (κ2) is 6.88. The first-order valence-corrected chi connectivity index (χ1v) is 7.85. The largest absolute Gasteiger partial charge is 0.469 e. The topological polar surface area (TPSA) is 89.5 Å². The molecule has 1 atom stereocenters. The number of nitrogens with one attached hydrogen (secondary N) is 1. The number of methoxy groups -OCH3 is 1. The summed E-state index contributed by atoms with van der Waals surface area (Å²) in [5.74, 6) is -1.77. The van der Waals surface area contributed by atoms with Gasteiger partial charge < -0.3 is 10.1 Å². The standard InChI is InChI=1S/C12H23NO5S/c1-6-12(3,4)13-10(14)8-19(16,17)9(2)7-11(15)18-5/h9H,6-8H2,1-5H3,(H,13,14). The average molecular weight is 293 g/mol. The third kappa shape index (κ3) is 6.56. The lowest BCUT2D eigenvalue weighted by Gasteiger charge is -2.24. The number of amides is 1. The minimum Gasteiger partial charge on any atom is -0.469 e. The fourth-order valence-corrected chi connectivity index (χ4v) is 2.38. The molecule has 0 aromatic heterocycles. The van der Waals surface area contributed by atoms with Crippen molar-refractivity contribution < 1.29 is 22.7 Å². The van der Waals surface area contributed by atoms with Crippen LogP contribution in [0.5, 0.6) is 0 Å². The molecule has 0 bridgehead atoms. The van der Waals surface area contributed by atoms with Crippen LogP contribution >= 0.6 is 0 Å². The van der Waals surface area contributed by atoms with Crippen molar-refractivity contribution in [1.29, 1.82) is 0 Å². The summed E-state index contributed by atoms with van der Waals surface area (Å²) in [5, 5.41) is 1.72. The van der Waals surface area contributed by atoms with Gasteiger partial charge in [0.15, 0.2) is 9.84 Å². The molecule has 1 N–H and O–H groups in total. The minimum atomic E-state index is -3.66. The second-order valence-corrected chi connectivity index (χ2v) is 7.60. The van der Waals surface area contributed by atoms with Gasteiger partial charge in [-0.2, -0.15) is 0 Å². The van der Waals surface area contributed by atoms with Crippen LogP contribution in [0.25, 0.3) is 0 Å². The molecule has 1 amide bonds. The highest BCUT2D eigenvalue weighted by molar-refractivity contribution is 7.92. The molecular weight excluding hydrogens is 270 g/mol. The first kappa shape index (κ1) is 17.9. The lowest BCUT2D eigenvalue weighted by molar-refractivity contribution is -0.140. The Morgan fingerprint density at radius 3 is 2.26 bits per heavy atom. The normalized spacial score (nSPS) is 13.7. The van der Waals surface area contributed by atoms with E-state index in [2.05, 4.69) is 10.1 Å². The zero-order valence-electron chi connectivity index (χ0n) is 12.1. The van der Waals surface area contributed by atoms with E-state index < -0.39 is 38.3 Å². The summed E-state index contributed by atoms with van der Waals surface area (Å²) >= 11 is 0. The van der Waals surface area contributed by atoms with Gasteiger partial charge in [0.2, 0.25) is 5.91 Å². The maximum atomic E-state index is 11.9. The quantitative estimate of drug-likeness (QED) is 0.696. The van der Waals surface area contributed by atoms with E-state index in [1.165, 1.54) is 14.0 Å². The Bertz CT molecular complexity index is 427. The first-order valence-electron chi connectivity index (χ1n) is 6.13. The molecular formula is C12H23NO5S. The van der Waals surface area contributed by atoms with Gasteiger partial charge in [-0.1, -0.05) is 6.92 Å². The van der Waals surface area contributed by atoms with Crippen LogP contribution in [0.2, 0.25) is 0 Å². The van der Waals surface area contributed by atoms with Crippen molar-refractivity contribution in [1.82, 2.24) is 5.32 Å². The van der Waals surface area contributed by atoms with Crippen molar-refractivity contribution in [2.75, 3.05) is 12.9 Å². The molecule has 0 saturated carbocycles. The zero-order chi connectivity index (χ0) is 15.3. The summed E-state index contributed by atoms with van der Waals surface area (Å²) in [4.78, 5) is 22.7. The van der Waals surface area contributed by atoms with Gasteiger partial charge in [0.25, 0.3) is 0 Å². The van der Waals surface area contributed by atoms with Crippen LogP contribution in [0, 0.1) is 0 Å². The third-order valence-electron chi connectivity index (χ3n) is 2.99. The van der Waals surface area contributed by atoms with Crippen LogP contribution in [-0.4, -0.2) is 43.9 Å². The summed E-state index contributed by atoms with van der Waals surface area (Å²) in [6.07, 6.45) is 0.444. The van der Waals surface area contributed by atoms with Crippen molar-refractivity contribution in [3.63, 3.8) is 0 Å². The molecule has 0 aliphatic carbocycles. The number of carbonyl (C=O) groups is 2. The van der Waals surface area contributed by atoms with Crippen molar-refractivity contribution in [2.24, 2.45) is 0 Å². The predicted octanol–water partition coefficient (Wildman–Crippen LogP) is 0.658. The van der Waals surface area contributed by atoms with E-state index in [9.17, 15) is 18.0 Å². The Morgan fingerprint density at radius 2 is 1.84 bits per heavy atom. The number of hydrogen-bond acceptors (Lipinski definition) is 5. The number of hydrogen-bond donors (Lipinski definition) is 1. The zero-order valence-corrected chi connectivity index (χ0v) is 13.0. The summed E-state index contributed by atoms with van der Waals surface area (Å²) in [6, 6.07) is 0. The van der Waals surface area contributed by atoms with Crippen molar-refractivity contribution in [3.05, 3.63) is 0 Å². The molecule has 0 aromatic rings. The van der Waals surface area contributed by atoms with Crippen molar-refractivity contribution in [2.45, 2.75) is 51.3 Å². The summed E-state index contributed by atoms with van der Waals surface area (Å²) in [7, 11) is -2.47. The number of sulfone groups is 1. The SMILES string of the molecule is CCC(C)(C)NC(=O)CS(=O)(=O)C(C)CC(=O)OC. The molecule has 0 spiro atoms. The highest BCUT2D eigenvalue weighted by atomic mass is 32.2. The molecule has 1 unspecified atom stereocenters. The minimum absolute atomic E-state index is 0.247. The van der Waals surface area contributed by atoms with Gasteiger partial charge in [0, 0.05) is 5.54 Å². The van der Waals surface area contributed by atoms with Crippen LogP contribution in [0.3, 0.4) is 0 Å². The fourth-order valence-electron chi connectivity index (χ4n) is 1.27. The first-order chi connectivity index (χ1) is 8.54. The van der Waals surface area contributed by atoms with E-state index in [1.807, 2.05) is 20.8 Å². The van der Waals surface area contributed by atoms with Crippen LogP contribution in [0.1, 0.15) is 40.5 Å². The average Bonchev–Trinajstić information content (AvgIpc) is 2.27. The lowest BCUT2D eigenvalue weighted by atomic mass is 10.0. The monoisotopic (exact) mass is 293 g/mol. The van der Waals surface area contributed by atoms with Gasteiger partial charge in [-0.15, -0.1) is 0 Å². The van der Waals surface area contributed by atoms with E-state index in [0.717, 1.165) is 0 Å². The maximum Gasteiger partial charge on any atom is 0.306 e. The Labute approximate surface area is 114 Å². The Morgan fingerprint density at radius 1 is 1.32 bits per heavy atom. The van der Waals surface area contributed by atoms with Crippen molar-refractivity contribution >= 4 is 21.7 Å². The molecule has 19 heavy (non-hydrogen) atoms. The Hall–Kier alpha value is -1.11. The van der Waals surface area contributed by atoms with Crippen LogP contribution in [0.4, 0.5) is 0 Å². The molecule has 0 aliphatic rings. The van der Waals surface area contributed by atoms with Crippen LogP contribution in [-0.2, 0) is 24.2 Å². The van der Waals surface area contributed by atoms with Gasteiger partial charge >= 0.3 is 5.97 Å². The smallest absolute Gasteiger partial charge is 0.306 e. The van der Waals surface area contributed by atoms with E-state index in [1.54, 1.807) is 0 Å². The number of rotatable bonds is 7. The van der Waals surface area contributed by atoms with E-state index in [4.69, 9.17) is 0 Å². The molecule has 0 rings (SSSR count). The summed E-state index contributed by atoms with van der Waals surface area (Å²) < 4.78 is 28.2. The van der Waals surface area contributed by atoms with Gasteiger partial charge in [-0.3, -0.25) is 9.59 Å². The lowest BCUT2D eigenvalue weighted by Crippen LogP contribution is -2.46. The maximum absolute atomic E-state index is 11.9. The molecule has 7 heteroatoms. The van der Waals surface area contributed by atoms with Gasteiger partial charge in [-0.25, -0.2) is 8.42 Å². The van der Waals surface area contributed by atoms with E-state index in [0.29, 0.717) is 6.42 Å². The Balaban J connectivity index is 4.61. The predicted molar refractivity (Wildman–Crippen MR) is 72.4 cm³/mol. The summed E-state index contributed by atoms with van der Waals surface area (Å²) in [5.41, 5.74) is -0.446. The fraction of sp³-hybridized carbons (Fsp3) is 0.833.